The average Bonchev–Trinajstić information content (AvgIpc) is 2.60. The molecule has 2 aromatic rings. The van der Waals surface area contributed by atoms with E-state index in [0.29, 0.717) is 16.3 Å². The lowest BCUT2D eigenvalue weighted by Crippen LogP contribution is -2.00. The molecule has 0 radical (unpaired) electrons. The Morgan fingerprint density at radius 2 is 1.85 bits per heavy atom. The van der Waals surface area contributed by atoms with E-state index in [1.165, 1.54) is 28.5 Å². The van der Waals surface area contributed by atoms with Crippen molar-refractivity contribution < 1.29 is 9.90 Å². The third-order valence-corrected chi connectivity index (χ3v) is 4.26. The Labute approximate surface area is 122 Å². The van der Waals surface area contributed by atoms with E-state index in [1.54, 1.807) is 18.7 Å². The summed E-state index contributed by atoms with van der Waals surface area (Å²) in [6.07, 6.45) is 0. The molecule has 0 spiro atoms. The molecule has 4 nitrogen and oxygen atoms in total. The van der Waals surface area contributed by atoms with Crippen molar-refractivity contribution in [1.82, 2.24) is 9.78 Å². The predicted molar refractivity (Wildman–Crippen MR) is 80.4 cm³/mol. The summed E-state index contributed by atoms with van der Waals surface area (Å²) in [5, 5.41) is 14.2. The fourth-order valence-corrected chi connectivity index (χ4v) is 3.43. The molecule has 0 saturated heterocycles. The molecule has 0 fully saturated rings. The van der Waals surface area contributed by atoms with Crippen molar-refractivity contribution in [2.45, 2.75) is 31.6 Å². The Bertz CT molecular complexity index is 642. The molecule has 0 aliphatic carbocycles. The standard InChI is InChI=1S/C15H18N2O2S/c1-9-5-10(2)7-12(6-9)8-20-14-13(15(18)19)11(3)16-17(14)4/h5-7H,8H2,1-4H3,(H,18,19). The minimum Gasteiger partial charge on any atom is -0.478 e. The van der Waals surface area contributed by atoms with Crippen LogP contribution in [0, 0.1) is 20.8 Å². The van der Waals surface area contributed by atoms with Crippen LogP contribution in [0.15, 0.2) is 23.2 Å². The molecule has 1 aromatic carbocycles. The zero-order valence-electron chi connectivity index (χ0n) is 12.1. The van der Waals surface area contributed by atoms with E-state index in [-0.39, 0.29) is 0 Å². The summed E-state index contributed by atoms with van der Waals surface area (Å²) >= 11 is 1.51. The molecule has 106 valence electrons. The Hall–Kier alpha value is -1.75. The van der Waals surface area contributed by atoms with Crippen molar-refractivity contribution in [1.29, 1.82) is 0 Å². The first kappa shape index (κ1) is 14.7. The molecule has 1 heterocycles. The number of aromatic carboxylic acids is 1. The van der Waals surface area contributed by atoms with Gasteiger partial charge in [-0.05, 0) is 26.3 Å². The van der Waals surface area contributed by atoms with Crippen molar-refractivity contribution in [2.24, 2.45) is 7.05 Å². The van der Waals surface area contributed by atoms with Crippen molar-refractivity contribution in [3.8, 4) is 0 Å². The van der Waals surface area contributed by atoms with Crippen LogP contribution in [0.4, 0.5) is 0 Å². The van der Waals surface area contributed by atoms with Gasteiger partial charge in [0.2, 0.25) is 0 Å². The molecule has 0 amide bonds. The number of carbonyl (C=O) groups is 1. The lowest BCUT2D eigenvalue weighted by Gasteiger charge is -2.06. The smallest absolute Gasteiger partial charge is 0.340 e. The molecular formula is C15H18N2O2S. The second-order valence-corrected chi connectivity index (χ2v) is 5.94. The second-order valence-electron chi connectivity index (χ2n) is 4.98. The van der Waals surface area contributed by atoms with Gasteiger partial charge in [0.15, 0.2) is 0 Å². The van der Waals surface area contributed by atoms with Crippen LogP contribution in [-0.2, 0) is 12.8 Å². The van der Waals surface area contributed by atoms with E-state index in [1.807, 2.05) is 0 Å². The number of carboxylic acid groups (broad SMARTS) is 1. The van der Waals surface area contributed by atoms with Gasteiger partial charge < -0.3 is 5.11 Å². The lowest BCUT2D eigenvalue weighted by atomic mass is 10.1. The van der Waals surface area contributed by atoms with Gasteiger partial charge in [-0.3, -0.25) is 4.68 Å². The van der Waals surface area contributed by atoms with Gasteiger partial charge in [-0.15, -0.1) is 11.8 Å². The number of carboxylic acids is 1. The average molecular weight is 290 g/mol. The molecule has 1 aromatic heterocycles. The van der Waals surface area contributed by atoms with E-state index in [0.717, 1.165) is 5.75 Å². The zero-order chi connectivity index (χ0) is 14.9. The fraction of sp³-hybridized carbons (Fsp3) is 0.333. The maximum Gasteiger partial charge on any atom is 0.340 e. The fourth-order valence-electron chi connectivity index (χ4n) is 2.35. The second kappa shape index (κ2) is 5.71. The van der Waals surface area contributed by atoms with Gasteiger partial charge in [-0.25, -0.2) is 4.79 Å². The molecule has 0 aliphatic rings. The Morgan fingerprint density at radius 3 is 2.40 bits per heavy atom. The SMILES string of the molecule is Cc1cc(C)cc(CSc2c(C(=O)O)c(C)nn2C)c1. The van der Waals surface area contributed by atoms with Crippen LogP contribution in [0.3, 0.4) is 0 Å². The van der Waals surface area contributed by atoms with Crippen LogP contribution in [0.1, 0.15) is 32.7 Å². The molecule has 0 atom stereocenters. The van der Waals surface area contributed by atoms with Crippen molar-refractivity contribution in [2.75, 3.05) is 0 Å². The molecule has 0 aliphatic heterocycles. The summed E-state index contributed by atoms with van der Waals surface area (Å²) in [6, 6.07) is 6.39. The molecule has 0 saturated carbocycles. The number of hydrogen-bond acceptors (Lipinski definition) is 3. The summed E-state index contributed by atoms with van der Waals surface area (Å²) in [5.74, 6) is -0.180. The summed E-state index contributed by atoms with van der Waals surface area (Å²) in [4.78, 5) is 11.3. The van der Waals surface area contributed by atoms with Crippen LogP contribution < -0.4 is 0 Å². The number of rotatable bonds is 4. The first-order valence-corrected chi connectivity index (χ1v) is 7.34. The molecule has 2 rings (SSSR count). The van der Waals surface area contributed by atoms with Crippen LogP contribution >= 0.6 is 11.8 Å². The monoisotopic (exact) mass is 290 g/mol. The van der Waals surface area contributed by atoms with E-state index in [9.17, 15) is 9.90 Å². The summed E-state index contributed by atoms with van der Waals surface area (Å²) in [6.45, 7) is 5.86. The number of hydrogen-bond donors (Lipinski definition) is 1. The quantitative estimate of drug-likeness (QED) is 0.877. The van der Waals surface area contributed by atoms with E-state index < -0.39 is 5.97 Å². The number of aryl methyl sites for hydroxylation is 4. The van der Waals surface area contributed by atoms with Gasteiger partial charge in [-0.1, -0.05) is 29.3 Å². The highest BCUT2D eigenvalue weighted by molar-refractivity contribution is 7.98. The highest BCUT2D eigenvalue weighted by Gasteiger charge is 2.19. The predicted octanol–water partition coefficient (Wildman–Crippen LogP) is 3.34. The highest BCUT2D eigenvalue weighted by atomic mass is 32.2. The molecule has 0 unspecified atom stereocenters. The number of thioether (sulfide) groups is 1. The first-order chi connectivity index (χ1) is 9.38. The summed E-state index contributed by atoms with van der Waals surface area (Å²) in [5.41, 5.74) is 4.51. The minimum atomic E-state index is -0.918. The third kappa shape index (κ3) is 3.04. The van der Waals surface area contributed by atoms with E-state index in [4.69, 9.17) is 0 Å². The Balaban J connectivity index is 2.25. The normalized spacial score (nSPS) is 10.8. The summed E-state index contributed by atoms with van der Waals surface area (Å²) < 4.78 is 1.64. The van der Waals surface area contributed by atoms with Crippen LogP contribution in [0.2, 0.25) is 0 Å². The lowest BCUT2D eigenvalue weighted by molar-refractivity contribution is 0.0692. The van der Waals surface area contributed by atoms with Gasteiger partial charge in [0.05, 0.1) is 5.69 Å². The van der Waals surface area contributed by atoms with Crippen LogP contribution in [0.25, 0.3) is 0 Å². The number of nitrogens with zero attached hydrogens (tertiary/aromatic N) is 2. The van der Waals surface area contributed by atoms with Gasteiger partial charge in [0.25, 0.3) is 0 Å². The van der Waals surface area contributed by atoms with Crippen molar-refractivity contribution in [3.63, 3.8) is 0 Å². The molecule has 0 bridgehead atoms. The van der Waals surface area contributed by atoms with Gasteiger partial charge in [-0.2, -0.15) is 5.10 Å². The topological polar surface area (TPSA) is 55.1 Å². The maximum absolute atomic E-state index is 11.3. The Kier molecular flexibility index (Phi) is 4.18. The largest absolute Gasteiger partial charge is 0.478 e. The highest BCUT2D eigenvalue weighted by Crippen LogP contribution is 2.28. The van der Waals surface area contributed by atoms with Crippen molar-refractivity contribution >= 4 is 17.7 Å². The van der Waals surface area contributed by atoms with Gasteiger partial charge in [0, 0.05) is 12.8 Å². The molecular weight excluding hydrogens is 272 g/mol. The zero-order valence-corrected chi connectivity index (χ0v) is 12.9. The molecule has 20 heavy (non-hydrogen) atoms. The first-order valence-electron chi connectivity index (χ1n) is 6.35. The van der Waals surface area contributed by atoms with E-state index in [2.05, 4.69) is 37.1 Å². The van der Waals surface area contributed by atoms with Gasteiger partial charge >= 0.3 is 5.97 Å². The van der Waals surface area contributed by atoms with Crippen molar-refractivity contribution in [3.05, 3.63) is 46.1 Å². The molecule has 1 N–H and O–H groups in total. The van der Waals surface area contributed by atoms with Crippen LogP contribution in [-0.4, -0.2) is 20.9 Å². The molecule has 5 heteroatoms. The van der Waals surface area contributed by atoms with Crippen LogP contribution in [0.5, 0.6) is 0 Å². The third-order valence-electron chi connectivity index (χ3n) is 3.04. The minimum absolute atomic E-state index is 0.307. The summed E-state index contributed by atoms with van der Waals surface area (Å²) in [7, 11) is 1.78. The maximum atomic E-state index is 11.3. The van der Waals surface area contributed by atoms with Gasteiger partial charge in [0.1, 0.15) is 10.6 Å². The van der Waals surface area contributed by atoms with E-state index >= 15 is 0 Å². The number of benzene rings is 1. The Morgan fingerprint density at radius 1 is 1.25 bits per heavy atom. The number of aromatic nitrogens is 2.